The van der Waals surface area contributed by atoms with Crippen molar-refractivity contribution in [1.82, 2.24) is 10.6 Å². The van der Waals surface area contributed by atoms with Crippen LogP contribution in [-0.2, 0) is 14.3 Å². The standard InChI is InChI=1S/C15H21N3O4/c1-16-9-7-13(19)18-12-5-3-11(4-6-12)15(21)17-10-8-14(20)22-2/h3-6,16H,7-10H2,1-2H3,(H,17,21)(H,18,19). The van der Waals surface area contributed by atoms with Crippen LogP contribution in [-0.4, -0.2) is 45.0 Å². The predicted molar refractivity (Wildman–Crippen MR) is 82.6 cm³/mol. The first kappa shape index (κ1) is 17.6. The first-order chi connectivity index (χ1) is 10.6. The molecule has 1 aromatic carbocycles. The predicted octanol–water partition coefficient (Wildman–Crippen LogP) is 0.527. The summed E-state index contributed by atoms with van der Waals surface area (Å²) in [5.74, 6) is -0.749. The third-order valence-corrected chi connectivity index (χ3v) is 2.88. The minimum absolute atomic E-state index is 0.0929. The fraction of sp³-hybridized carbons (Fsp3) is 0.400. The number of hydrogen-bond acceptors (Lipinski definition) is 5. The van der Waals surface area contributed by atoms with Crippen molar-refractivity contribution in [2.24, 2.45) is 0 Å². The molecule has 0 spiro atoms. The highest BCUT2D eigenvalue weighted by molar-refractivity contribution is 5.96. The first-order valence-corrected chi connectivity index (χ1v) is 6.96. The third-order valence-electron chi connectivity index (χ3n) is 2.88. The van der Waals surface area contributed by atoms with Gasteiger partial charge in [0.1, 0.15) is 0 Å². The number of methoxy groups -OCH3 is 1. The molecule has 0 bridgehead atoms. The lowest BCUT2D eigenvalue weighted by molar-refractivity contribution is -0.140. The summed E-state index contributed by atoms with van der Waals surface area (Å²) in [7, 11) is 3.08. The van der Waals surface area contributed by atoms with Crippen molar-refractivity contribution < 1.29 is 19.1 Å². The Morgan fingerprint density at radius 3 is 2.32 bits per heavy atom. The molecule has 0 aliphatic heterocycles. The second-order valence-corrected chi connectivity index (χ2v) is 4.56. The molecule has 0 unspecified atom stereocenters. The maximum atomic E-state index is 11.8. The smallest absolute Gasteiger partial charge is 0.307 e. The summed E-state index contributed by atoms with van der Waals surface area (Å²) in [6, 6.07) is 6.54. The van der Waals surface area contributed by atoms with E-state index in [0.717, 1.165) is 0 Å². The van der Waals surface area contributed by atoms with E-state index in [1.807, 2.05) is 0 Å². The quantitative estimate of drug-likeness (QED) is 0.609. The fourth-order valence-corrected chi connectivity index (χ4v) is 1.65. The van der Waals surface area contributed by atoms with E-state index in [4.69, 9.17) is 0 Å². The molecule has 120 valence electrons. The number of anilines is 1. The van der Waals surface area contributed by atoms with Crippen LogP contribution in [0.3, 0.4) is 0 Å². The van der Waals surface area contributed by atoms with E-state index in [-0.39, 0.29) is 30.7 Å². The van der Waals surface area contributed by atoms with Gasteiger partial charge < -0.3 is 20.7 Å². The second kappa shape index (κ2) is 9.51. The number of benzene rings is 1. The normalized spacial score (nSPS) is 9.91. The number of amides is 2. The van der Waals surface area contributed by atoms with Crippen LogP contribution in [0.1, 0.15) is 23.2 Å². The Kier molecular flexibility index (Phi) is 7.63. The Morgan fingerprint density at radius 1 is 1.05 bits per heavy atom. The molecule has 7 heteroatoms. The molecule has 0 atom stereocenters. The highest BCUT2D eigenvalue weighted by Crippen LogP contribution is 2.09. The van der Waals surface area contributed by atoms with Crippen molar-refractivity contribution in [3.63, 3.8) is 0 Å². The maximum Gasteiger partial charge on any atom is 0.307 e. The lowest BCUT2D eigenvalue weighted by Gasteiger charge is -2.07. The highest BCUT2D eigenvalue weighted by Gasteiger charge is 2.07. The molecule has 0 heterocycles. The van der Waals surface area contributed by atoms with E-state index in [0.29, 0.717) is 24.2 Å². The van der Waals surface area contributed by atoms with Gasteiger partial charge in [-0.2, -0.15) is 0 Å². The van der Waals surface area contributed by atoms with Gasteiger partial charge in [0, 0.05) is 30.8 Å². The Labute approximate surface area is 129 Å². The molecule has 0 radical (unpaired) electrons. The molecule has 1 aromatic rings. The van der Waals surface area contributed by atoms with E-state index in [1.54, 1.807) is 31.3 Å². The number of nitrogens with one attached hydrogen (secondary N) is 3. The average molecular weight is 307 g/mol. The summed E-state index contributed by atoms with van der Waals surface area (Å²) >= 11 is 0. The fourth-order valence-electron chi connectivity index (χ4n) is 1.65. The van der Waals surface area contributed by atoms with Crippen LogP contribution >= 0.6 is 0 Å². The summed E-state index contributed by atoms with van der Waals surface area (Å²) < 4.78 is 4.48. The van der Waals surface area contributed by atoms with Gasteiger partial charge in [-0.3, -0.25) is 14.4 Å². The Morgan fingerprint density at radius 2 is 1.73 bits per heavy atom. The van der Waals surface area contributed by atoms with Crippen molar-refractivity contribution in [2.75, 3.05) is 32.6 Å². The van der Waals surface area contributed by atoms with Crippen LogP contribution in [0.2, 0.25) is 0 Å². The average Bonchev–Trinajstić information content (AvgIpc) is 2.53. The minimum Gasteiger partial charge on any atom is -0.469 e. The van der Waals surface area contributed by atoms with Gasteiger partial charge in [-0.1, -0.05) is 0 Å². The van der Waals surface area contributed by atoms with Crippen molar-refractivity contribution >= 4 is 23.5 Å². The molecule has 0 saturated heterocycles. The van der Waals surface area contributed by atoms with Crippen LogP contribution in [0.15, 0.2) is 24.3 Å². The number of ether oxygens (including phenoxy) is 1. The number of carbonyl (C=O) groups is 3. The van der Waals surface area contributed by atoms with Gasteiger partial charge in [-0.15, -0.1) is 0 Å². The SMILES string of the molecule is CNCCC(=O)Nc1ccc(C(=O)NCCC(=O)OC)cc1. The van der Waals surface area contributed by atoms with E-state index >= 15 is 0 Å². The minimum atomic E-state index is -0.375. The molecule has 2 amide bonds. The zero-order chi connectivity index (χ0) is 16.4. The van der Waals surface area contributed by atoms with Gasteiger partial charge in [-0.25, -0.2) is 0 Å². The molecular weight excluding hydrogens is 286 g/mol. The topological polar surface area (TPSA) is 96.5 Å². The number of rotatable bonds is 8. The zero-order valence-electron chi connectivity index (χ0n) is 12.8. The number of carbonyl (C=O) groups excluding carboxylic acids is 3. The zero-order valence-corrected chi connectivity index (χ0v) is 12.8. The summed E-state index contributed by atoms with van der Waals surface area (Å²) in [5.41, 5.74) is 1.09. The maximum absolute atomic E-state index is 11.8. The molecule has 0 saturated carbocycles. The van der Waals surface area contributed by atoms with Gasteiger partial charge in [-0.05, 0) is 31.3 Å². The first-order valence-electron chi connectivity index (χ1n) is 6.96. The van der Waals surface area contributed by atoms with Crippen LogP contribution in [0.25, 0.3) is 0 Å². The van der Waals surface area contributed by atoms with Crippen LogP contribution in [0, 0.1) is 0 Å². The van der Waals surface area contributed by atoms with Crippen LogP contribution in [0.5, 0.6) is 0 Å². The largest absolute Gasteiger partial charge is 0.469 e. The molecule has 22 heavy (non-hydrogen) atoms. The van der Waals surface area contributed by atoms with Gasteiger partial charge in [0.25, 0.3) is 5.91 Å². The summed E-state index contributed by atoms with van der Waals surface area (Å²) in [6.07, 6.45) is 0.508. The molecule has 0 aliphatic carbocycles. The molecule has 3 N–H and O–H groups in total. The molecule has 0 fully saturated rings. The van der Waals surface area contributed by atoms with Gasteiger partial charge >= 0.3 is 5.97 Å². The van der Waals surface area contributed by atoms with Gasteiger partial charge in [0.05, 0.1) is 13.5 Å². The molecule has 0 aliphatic rings. The Hall–Kier alpha value is -2.41. The van der Waals surface area contributed by atoms with E-state index < -0.39 is 0 Å². The van der Waals surface area contributed by atoms with Gasteiger partial charge in [0.15, 0.2) is 0 Å². The van der Waals surface area contributed by atoms with Crippen LogP contribution < -0.4 is 16.0 Å². The van der Waals surface area contributed by atoms with Crippen molar-refractivity contribution in [2.45, 2.75) is 12.8 Å². The van der Waals surface area contributed by atoms with Crippen molar-refractivity contribution in [1.29, 1.82) is 0 Å². The van der Waals surface area contributed by atoms with E-state index in [2.05, 4.69) is 20.7 Å². The highest BCUT2D eigenvalue weighted by atomic mass is 16.5. The van der Waals surface area contributed by atoms with E-state index in [1.165, 1.54) is 7.11 Å². The third kappa shape index (κ3) is 6.36. The lowest BCUT2D eigenvalue weighted by Crippen LogP contribution is -2.26. The second-order valence-electron chi connectivity index (χ2n) is 4.56. The Balaban J connectivity index is 2.45. The molecule has 1 rings (SSSR count). The van der Waals surface area contributed by atoms with Crippen molar-refractivity contribution in [3.05, 3.63) is 29.8 Å². The molecular formula is C15H21N3O4. The van der Waals surface area contributed by atoms with Crippen molar-refractivity contribution in [3.8, 4) is 0 Å². The number of esters is 1. The summed E-state index contributed by atoms with van der Waals surface area (Å²) in [6.45, 7) is 0.820. The van der Waals surface area contributed by atoms with Gasteiger partial charge in [0.2, 0.25) is 5.91 Å². The monoisotopic (exact) mass is 307 g/mol. The summed E-state index contributed by atoms with van der Waals surface area (Å²) in [5, 5.41) is 8.25. The Bertz CT molecular complexity index is 514. The molecule has 0 aromatic heterocycles. The lowest BCUT2D eigenvalue weighted by atomic mass is 10.2. The van der Waals surface area contributed by atoms with E-state index in [9.17, 15) is 14.4 Å². The van der Waals surface area contributed by atoms with Crippen LogP contribution in [0.4, 0.5) is 5.69 Å². The summed E-state index contributed by atoms with van der Waals surface area (Å²) in [4.78, 5) is 34.3. The number of hydrogen-bond donors (Lipinski definition) is 3. The molecule has 7 nitrogen and oxygen atoms in total.